The van der Waals surface area contributed by atoms with Crippen LogP contribution in [-0.4, -0.2) is 49.3 Å². The molecule has 0 rings (SSSR count). The number of esters is 2. The molecule has 0 aliphatic carbocycles. The average Bonchev–Trinajstić information content (AvgIpc) is 3.13. The van der Waals surface area contributed by atoms with E-state index in [0.717, 1.165) is 64.2 Å². The minimum absolute atomic E-state index is 0.0447. The highest BCUT2D eigenvalue weighted by Gasteiger charge is 2.25. The van der Waals surface area contributed by atoms with Crippen molar-refractivity contribution in [1.29, 1.82) is 0 Å². The number of ether oxygens (including phenoxy) is 2. The van der Waals surface area contributed by atoms with Crippen LogP contribution in [0, 0.1) is 0 Å². The number of hydrogen-bond acceptors (Lipinski definition) is 8. The molecule has 0 aliphatic rings. The van der Waals surface area contributed by atoms with E-state index >= 15 is 0 Å². The third kappa shape index (κ3) is 37.7. The van der Waals surface area contributed by atoms with Gasteiger partial charge in [0.25, 0.3) is 0 Å². The van der Waals surface area contributed by atoms with Gasteiger partial charge in [0.1, 0.15) is 6.61 Å². The number of phosphoric acid groups is 1. The lowest BCUT2D eigenvalue weighted by atomic mass is 10.1. The predicted octanol–water partition coefficient (Wildman–Crippen LogP) is 11.6. The summed E-state index contributed by atoms with van der Waals surface area (Å²) in [4.78, 5) is 34.8. The first-order valence-corrected chi connectivity index (χ1v) is 22.1. The number of hydrogen-bond donors (Lipinski definition) is 2. The van der Waals surface area contributed by atoms with Gasteiger partial charge in [0.05, 0.1) is 13.2 Å². The topological polar surface area (TPSA) is 134 Å². The molecule has 302 valence electrons. The van der Waals surface area contributed by atoms with Crippen molar-refractivity contribution in [2.24, 2.45) is 5.73 Å². The molecular formula is C42H76NO8P. The molecule has 0 radical (unpaired) electrons. The number of unbranched alkanes of at least 4 members (excludes halogenated alkanes) is 17. The summed E-state index contributed by atoms with van der Waals surface area (Å²) in [6.07, 6.45) is 42.8. The van der Waals surface area contributed by atoms with Crippen LogP contribution in [0.5, 0.6) is 0 Å². The van der Waals surface area contributed by atoms with Crippen molar-refractivity contribution in [1.82, 2.24) is 0 Å². The van der Waals surface area contributed by atoms with Crippen LogP contribution in [0.1, 0.15) is 174 Å². The van der Waals surface area contributed by atoms with Gasteiger partial charge in [-0.3, -0.25) is 18.6 Å². The first kappa shape index (κ1) is 50.0. The van der Waals surface area contributed by atoms with Crippen LogP contribution in [-0.2, 0) is 32.7 Å². The lowest BCUT2D eigenvalue weighted by Gasteiger charge is -2.19. The number of phosphoric ester groups is 1. The van der Waals surface area contributed by atoms with Crippen LogP contribution in [0.2, 0.25) is 0 Å². The Morgan fingerprint density at radius 3 is 1.58 bits per heavy atom. The van der Waals surface area contributed by atoms with Crippen molar-refractivity contribution in [2.75, 3.05) is 26.4 Å². The van der Waals surface area contributed by atoms with Crippen molar-refractivity contribution in [3.8, 4) is 0 Å². The average molecular weight is 754 g/mol. The van der Waals surface area contributed by atoms with E-state index in [4.69, 9.17) is 24.3 Å². The zero-order valence-corrected chi connectivity index (χ0v) is 33.9. The molecule has 0 saturated carbocycles. The van der Waals surface area contributed by atoms with Crippen LogP contribution >= 0.6 is 7.82 Å². The van der Waals surface area contributed by atoms with Gasteiger partial charge in [0.15, 0.2) is 6.10 Å². The second-order valence-corrected chi connectivity index (χ2v) is 14.9. The third-order valence-electron chi connectivity index (χ3n) is 8.44. The number of carbonyl (C=O) groups excluding carboxylic acids is 2. The van der Waals surface area contributed by atoms with E-state index in [1.165, 1.54) is 70.6 Å². The second-order valence-electron chi connectivity index (χ2n) is 13.5. The van der Waals surface area contributed by atoms with Gasteiger partial charge in [0, 0.05) is 19.4 Å². The molecule has 9 nitrogen and oxygen atoms in total. The van der Waals surface area contributed by atoms with E-state index in [-0.39, 0.29) is 32.6 Å². The van der Waals surface area contributed by atoms with Gasteiger partial charge in [0.2, 0.25) is 0 Å². The minimum atomic E-state index is -4.39. The van der Waals surface area contributed by atoms with Gasteiger partial charge < -0.3 is 20.1 Å². The third-order valence-corrected chi connectivity index (χ3v) is 9.42. The number of allylic oxidation sites excluding steroid dienone is 8. The number of nitrogens with two attached hydrogens (primary N) is 1. The Bertz CT molecular complexity index is 996. The Labute approximate surface area is 317 Å². The molecule has 0 bridgehead atoms. The van der Waals surface area contributed by atoms with Crippen molar-refractivity contribution in [3.05, 3.63) is 48.6 Å². The van der Waals surface area contributed by atoms with Gasteiger partial charge in [-0.15, -0.1) is 0 Å². The van der Waals surface area contributed by atoms with E-state index in [1.807, 2.05) is 0 Å². The van der Waals surface area contributed by atoms with Crippen molar-refractivity contribution < 1.29 is 37.6 Å². The maximum absolute atomic E-state index is 12.5. The summed E-state index contributed by atoms with van der Waals surface area (Å²) in [6, 6.07) is 0. The molecule has 52 heavy (non-hydrogen) atoms. The first-order valence-electron chi connectivity index (χ1n) is 20.6. The van der Waals surface area contributed by atoms with Gasteiger partial charge in [-0.1, -0.05) is 133 Å². The molecule has 0 fully saturated rings. The minimum Gasteiger partial charge on any atom is -0.462 e. The van der Waals surface area contributed by atoms with E-state index in [9.17, 15) is 19.0 Å². The fourth-order valence-corrected chi connectivity index (χ4v) is 6.11. The fraction of sp³-hybridized carbons (Fsp3) is 0.762. The Hall–Kier alpha value is -2.03. The highest BCUT2D eigenvalue weighted by atomic mass is 31.2. The standard InChI is InChI=1S/C42H76NO8P/c1-3-5-7-9-11-13-15-17-19-21-22-24-26-28-30-32-34-41(44)48-38-40(39-50-52(46,47)49-37-36-43)51-42(45)35-33-31-29-27-25-23-20-18-16-14-12-10-8-6-4-2/h12,14,18-21,25,27,40H,3-11,13,15-17,22-24,26,28-39,43H2,1-2H3,(H,46,47)/b14-12-,20-18-,21-19-,27-25-/t40-/m1/s1. The number of rotatable bonds is 38. The molecule has 3 N–H and O–H groups in total. The molecular weight excluding hydrogens is 677 g/mol. The Morgan fingerprint density at radius 1 is 0.577 bits per heavy atom. The van der Waals surface area contributed by atoms with Crippen LogP contribution in [0.15, 0.2) is 48.6 Å². The van der Waals surface area contributed by atoms with E-state index in [1.54, 1.807) is 0 Å². The van der Waals surface area contributed by atoms with Gasteiger partial charge in [-0.05, 0) is 77.0 Å². The van der Waals surface area contributed by atoms with Crippen molar-refractivity contribution in [2.45, 2.75) is 180 Å². The summed E-state index contributed by atoms with van der Waals surface area (Å²) in [7, 11) is -4.39. The molecule has 0 heterocycles. The van der Waals surface area contributed by atoms with Gasteiger partial charge in [-0.25, -0.2) is 4.57 Å². The fourth-order valence-electron chi connectivity index (χ4n) is 5.34. The van der Waals surface area contributed by atoms with Gasteiger partial charge >= 0.3 is 19.8 Å². The summed E-state index contributed by atoms with van der Waals surface area (Å²) in [5.74, 6) is -0.885. The Balaban J connectivity index is 4.27. The number of carbonyl (C=O) groups is 2. The summed E-state index contributed by atoms with van der Waals surface area (Å²) in [5.41, 5.74) is 5.33. The molecule has 2 atom stereocenters. The zero-order chi connectivity index (χ0) is 38.2. The summed E-state index contributed by atoms with van der Waals surface area (Å²) in [5, 5.41) is 0. The van der Waals surface area contributed by atoms with Crippen molar-refractivity contribution >= 4 is 19.8 Å². The van der Waals surface area contributed by atoms with Crippen molar-refractivity contribution in [3.63, 3.8) is 0 Å². The quantitative estimate of drug-likeness (QED) is 0.0273. The largest absolute Gasteiger partial charge is 0.472 e. The van der Waals surface area contributed by atoms with Crippen LogP contribution < -0.4 is 5.73 Å². The lowest BCUT2D eigenvalue weighted by Crippen LogP contribution is -2.29. The Morgan fingerprint density at radius 2 is 1.00 bits per heavy atom. The van der Waals surface area contributed by atoms with E-state index in [2.05, 4.69) is 62.5 Å². The predicted molar refractivity (Wildman–Crippen MR) is 215 cm³/mol. The van der Waals surface area contributed by atoms with Crippen LogP contribution in [0.4, 0.5) is 0 Å². The van der Waals surface area contributed by atoms with E-state index in [0.29, 0.717) is 12.8 Å². The SMILES string of the molecule is CCCCC/C=C\C/C=C\C/C=C\CCCCC(=O)O[C@H](COC(=O)CCCCCCC/C=C\CCCCCCCCC)COP(=O)(O)OCCN. The summed E-state index contributed by atoms with van der Waals surface area (Å²) < 4.78 is 32.7. The Kier molecular flexibility index (Phi) is 37.2. The molecule has 0 aromatic carbocycles. The second kappa shape index (κ2) is 38.7. The highest BCUT2D eigenvalue weighted by Crippen LogP contribution is 2.43. The summed E-state index contributed by atoms with van der Waals surface area (Å²) in [6.45, 7) is 3.64. The maximum atomic E-state index is 12.5. The molecule has 0 amide bonds. The highest BCUT2D eigenvalue weighted by molar-refractivity contribution is 7.47. The maximum Gasteiger partial charge on any atom is 0.472 e. The lowest BCUT2D eigenvalue weighted by molar-refractivity contribution is -0.161. The monoisotopic (exact) mass is 754 g/mol. The van der Waals surface area contributed by atoms with E-state index < -0.39 is 32.5 Å². The molecule has 0 aromatic rings. The van der Waals surface area contributed by atoms with Gasteiger partial charge in [-0.2, -0.15) is 0 Å². The molecule has 0 saturated heterocycles. The molecule has 0 aromatic heterocycles. The molecule has 10 heteroatoms. The zero-order valence-electron chi connectivity index (χ0n) is 33.0. The molecule has 0 spiro atoms. The molecule has 0 aliphatic heterocycles. The smallest absolute Gasteiger partial charge is 0.462 e. The summed E-state index contributed by atoms with van der Waals surface area (Å²) >= 11 is 0. The molecule has 1 unspecified atom stereocenters. The van der Waals surface area contributed by atoms with Crippen LogP contribution in [0.25, 0.3) is 0 Å². The first-order chi connectivity index (χ1) is 25.3. The van der Waals surface area contributed by atoms with Crippen LogP contribution in [0.3, 0.4) is 0 Å². The normalized spacial score (nSPS) is 13.8.